The molecule has 1 aromatic carbocycles. The molecule has 0 atom stereocenters. The molecule has 100 valence electrons. The van der Waals surface area contributed by atoms with Gasteiger partial charge in [0.2, 0.25) is 0 Å². The number of nitrogen functional groups attached to an aromatic ring is 1. The highest BCUT2D eigenvalue weighted by Crippen LogP contribution is 2.20. The largest absolute Gasteiger partial charge is 0.308 e. The van der Waals surface area contributed by atoms with Gasteiger partial charge in [0, 0.05) is 23.2 Å². The van der Waals surface area contributed by atoms with Crippen LogP contribution in [0.15, 0.2) is 53.5 Å². The normalized spacial score (nSPS) is 10.7. The second-order valence-corrected chi connectivity index (χ2v) is 4.35. The summed E-state index contributed by atoms with van der Waals surface area (Å²) in [5.41, 5.74) is 4.07. The molecule has 0 saturated carbocycles. The fourth-order valence-electron chi connectivity index (χ4n) is 2.07. The van der Waals surface area contributed by atoms with Gasteiger partial charge < -0.3 is 5.43 Å². The smallest absolute Gasteiger partial charge is 0.267 e. The van der Waals surface area contributed by atoms with Crippen molar-refractivity contribution in [2.45, 2.75) is 6.54 Å². The van der Waals surface area contributed by atoms with Crippen LogP contribution in [0.3, 0.4) is 0 Å². The van der Waals surface area contributed by atoms with Crippen molar-refractivity contribution in [2.75, 3.05) is 5.43 Å². The Morgan fingerprint density at radius 2 is 2.05 bits per heavy atom. The van der Waals surface area contributed by atoms with Crippen molar-refractivity contribution >= 4 is 16.7 Å². The van der Waals surface area contributed by atoms with Crippen LogP contribution in [-0.4, -0.2) is 14.8 Å². The molecule has 0 saturated heterocycles. The topological polar surface area (TPSA) is 85.8 Å². The highest BCUT2D eigenvalue weighted by molar-refractivity contribution is 5.81. The molecule has 6 nitrogen and oxygen atoms in total. The third-order valence-electron chi connectivity index (χ3n) is 3.05. The lowest BCUT2D eigenvalue weighted by molar-refractivity contribution is 0.639. The van der Waals surface area contributed by atoms with Crippen molar-refractivity contribution in [1.29, 1.82) is 0 Å². The fourth-order valence-corrected chi connectivity index (χ4v) is 2.07. The first kappa shape index (κ1) is 12.3. The highest BCUT2D eigenvalue weighted by Gasteiger charge is 2.07. The van der Waals surface area contributed by atoms with Gasteiger partial charge >= 0.3 is 0 Å². The Bertz CT molecular complexity index is 812. The number of hydrazine groups is 1. The average Bonchev–Trinajstić information content (AvgIpc) is 2.49. The minimum Gasteiger partial charge on any atom is -0.308 e. The number of pyridine rings is 1. The molecule has 3 rings (SSSR count). The molecule has 0 aliphatic carbocycles. The summed E-state index contributed by atoms with van der Waals surface area (Å²) in [7, 11) is 0. The van der Waals surface area contributed by atoms with Crippen molar-refractivity contribution in [1.82, 2.24) is 14.8 Å². The minimum absolute atomic E-state index is 0.163. The minimum atomic E-state index is -0.163. The third-order valence-corrected chi connectivity index (χ3v) is 3.05. The average molecular weight is 267 g/mol. The summed E-state index contributed by atoms with van der Waals surface area (Å²) in [6.07, 6.45) is 1.57. The van der Waals surface area contributed by atoms with Gasteiger partial charge in [0.1, 0.15) is 5.82 Å². The number of fused-ring (bicyclic) bond motifs is 1. The molecule has 2 aromatic heterocycles. The van der Waals surface area contributed by atoms with Gasteiger partial charge in [0.25, 0.3) is 5.56 Å². The maximum atomic E-state index is 11.7. The standard InChI is InChI=1S/C14H13N5O/c15-18-14-11(9-19-13(20)6-3-7-16-19)8-10-4-1-2-5-12(10)17-14/h1-8H,9,15H2,(H,17,18). The van der Waals surface area contributed by atoms with E-state index in [1.807, 2.05) is 30.3 Å². The molecule has 3 N–H and O–H groups in total. The molecular formula is C14H13N5O. The number of nitrogens with two attached hydrogens (primary N) is 1. The highest BCUT2D eigenvalue weighted by atomic mass is 16.1. The van der Waals surface area contributed by atoms with Crippen LogP contribution in [0, 0.1) is 0 Å². The number of hydrogen-bond acceptors (Lipinski definition) is 5. The number of benzene rings is 1. The molecule has 0 unspecified atom stereocenters. The predicted molar refractivity (Wildman–Crippen MR) is 77.2 cm³/mol. The number of nitrogens with zero attached hydrogens (tertiary/aromatic N) is 3. The van der Waals surface area contributed by atoms with Crippen LogP contribution in [0.2, 0.25) is 0 Å². The first-order chi connectivity index (χ1) is 9.78. The number of para-hydroxylation sites is 1. The van der Waals surface area contributed by atoms with Crippen molar-refractivity contribution in [3.63, 3.8) is 0 Å². The van der Waals surface area contributed by atoms with E-state index in [9.17, 15) is 4.79 Å². The van der Waals surface area contributed by atoms with E-state index in [1.165, 1.54) is 10.7 Å². The van der Waals surface area contributed by atoms with Gasteiger partial charge in [-0.25, -0.2) is 15.5 Å². The van der Waals surface area contributed by atoms with E-state index in [-0.39, 0.29) is 5.56 Å². The molecule has 6 heteroatoms. The van der Waals surface area contributed by atoms with Gasteiger partial charge in [-0.1, -0.05) is 18.2 Å². The van der Waals surface area contributed by atoms with E-state index in [2.05, 4.69) is 15.5 Å². The van der Waals surface area contributed by atoms with Gasteiger partial charge in [-0.15, -0.1) is 0 Å². The van der Waals surface area contributed by atoms with Gasteiger partial charge in [-0.3, -0.25) is 4.79 Å². The number of nitrogens with one attached hydrogen (secondary N) is 1. The Hall–Kier alpha value is -2.73. The van der Waals surface area contributed by atoms with Gasteiger partial charge in [0.15, 0.2) is 0 Å². The molecular weight excluding hydrogens is 254 g/mol. The Morgan fingerprint density at radius 1 is 1.20 bits per heavy atom. The summed E-state index contributed by atoms with van der Waals surface area (Å²) < 4.78 is 1.37. The second kappa shape index (κ2) is 5.10. The maximum absolute atomic E-state index is 11.7. The van der Waals surface area contributed by atoms with Crippen LogP contribution in [0.1, 0.15) is 5.56 Å². The molecule has 0 bridgehead atoms. The molecule has 0 radical (unpaired) electrons. The van der Waals surface area contributed by atoms with Crippen LogP contribution >= 0.6 is 0 Å². The first-order valence-electron chi connectivity index (χ1n) is 6.15. The molecule has 0 amide bonds. The van der Waals surface area contributed by atoms with Crippen LogP contribution in [0.4, 0.5) is 5.82 Å². The lowest BCUT2D eigenvalue weighted by atomic mass is 10.1. The SMILES string of the molecule is NNc1nc2ccccc2cc1Cn1ncccc1=O. The summed E-state index contributed by atoms with van der Waals surface area (Å²) in [4.78, 5) is 16.2. The fraction of sp³-hybridized carbons (Fsp3) is 0.0714. The lowest BCUT2D eigenvalue weighted by Crippen LogP contribution is -2.23. The van der Waals surface area contributed by atoms with Crippen LogP contribution in [-0.2, 0) is 6.54 Å². The van der Waals surface area contributed by atoms with E-state index >= 15 is 0 Å². The zero-order valence-electron chi connectivity index (χ0n) is 10.7. The van der Waals surface area contributed by atoms with Crippen LogP contribution in [0.5, 0.6) is 0 Å². The third kappa shape index (κ3) is 2.24. The van der Waals surface area contributed by atoms with Gasteiger partial charge in [-0.2, -0.15) is 5.10 Å². The van der Waals surface area contributed by atoms with E-state index in [4.69, 9.17) is 5.84 Å². The Morgan fingerprint density at radius 3 is 2.85 bits per heavy atom. The van der Waals surface area contributed by atoms with Crippen molar-refractivity contribution in [2.24, 2.45) is 5.84 Å². The van der Waals surface area contributed by atoms with Crippen molar-refractivity contribution in [3.8, 4) is 0 Å². The lowest BCUT2D eigenvalue weighted by Gasteiger charge is -2.10. The molecule has 0 fully saturated rings. The van der Waals surface area contributed by atoms with Crippen LogP contribution in [0.25, 0.3) is 10.9 Å². The summed E-state index contributed by atoms with van der Waals surface area (Å²) in [5.74, 6) is 6.06. The van der Waals surface area contributed by atoms with Crippen molar-refractivity contribution in [3.05, 3.63) is 64.6 Å². The summed E-state index contributed by atoms with van der Waals surface area (Å²) in [5, 5.41) is 5.03. The summed E-state index contributed by atoms with van der Waals surface area (Å²) >= 11 is 0. The van der Waals surface area contributed by atoms with E-state index in [1.54, 1.807) is 12.3 Å². The van der Waals surface area contributed by atoms with Gasteiger partial charge in [-0.05, 0) is 18.2 Å². The van der Waals surface area contributed by atoms with Crippen LogP contribution < -0.4 is 16.8 Å². The maximum Gasteiger partial charge on any atom is 0.267 e. The first-order valence-corrected chi connectivity index (χ1v) is 6.15. The van der Waals surface area contributed by atoms with E-state index < -0.39 is 0 Å². The monoisotopic (exact) mass is 267 g/mol. The summed E-state index contributed by atoms with van der Waals surface area (Å²) in [6, 6.07) is 12.8. The summed E-state index contributed by atoms with van der Waals surface area (Å²) in [6.45, 7) is 0.317. The molecule has 0 aliphatic rings. The van der Waals surface area contributed by atoms with E-state index in [0.29, 0.717) is 12.4 Å². The Balaban J connectivity index is 2.10. The molecule has 3 aromatic rings. The number of anilines is 1. The number of aromatic nitrogens is 3. The Kier molecular flexibility index (Phi) is 3.14. The van der Waals surface area contributed by atoms with E-state index in [0.717, 1.165) is 16.5 Å². The molecule has 2 heterocycles. The second-order valence-electron chi connectivity index (χ2n) is 4.35. The quantitative estimate of drug-likeness (QED) is 0.548. The zero-order valence-corrected chi connectivity index (χ0v) is 10.7. The number of rotatable bonds is 3. The Labute approximate surface area is 114 Å². The molecule has 0 aliphatic heterocycles. The predicted octanol–water partition coefficient (Wildman–Crippen LogP) is 1.13. The molecule has 20 heavy (non-hydrogen) atoms. The van der Waals surface area contributed by atoms with Gasteiger partial charge in [0.05, 0.1) is 12.1 Å². The zero-order chi connectivity index (χ0) is 13.9. The van der Waals surface area contributed by atoms with Crippen molar-refractivity contribution < 1.29 is 0 Å². The number of hydrogen-bond donors (Lipinski definition) is 2. The molecule has 0 spiro atoms.